The number of likely N-dealkylation sites (tertiary alicyclic amines) is 1. The van der Waals surface area contributed by atoms with Gasteiger partial charge < -0.3 is 9.64 Å². The van der Waals surface area contributed by atoms with Gasteiger partial charge in [0.05, 0.1) is 12.6 Å². The molecule has 7 nitrogen and oxygen atoms in total. The van der Waals surface area contributed by atoms with E-state index in [9.17, 15) is 13.2 Å². The van der Waals surface area contributed by atoms with Gasteiger partial charge in [-0.25, -0.2) is 13.4 Å². The highest BCUT2D eigenvalue weighted by Gasteiger charge is 2.38. The number of carbonyl (C=O) groups excluding carboxylic acids is 1. The molecule has 2 aromatic rings. The second-order valence-corrected chi connectivity index (χ2v) is 10.4. The molecule has 4 rings (SSSR count). The zero-order valence-corrected chi connectivity index (χ0v) is 19.7. The van der Waals surface area contributed by atoms with Crippen molar-refractivity contribution < 1.29 is 17.9 Å². The lowest BCUT2D eigenvalue weighted by atomic mass is 9.95. The van der Waals surface area contributed by atoms with Gasteiger partial charge in [-0.3, -0.25) is 4.79 Å². The van der Waals surface area contributed by atoms with E-state index in [0.717, 1.165) is 30.7 Å². The van der Waals surface area contributed by atoms with E-state index >= 15 is 0 Å². The molecule has 0 radical (unpaired) electrons. The number of ether oxygens (including phenoxy) is 1. The fourth-order valence-corrected chi connectivity index (χ4v) is 6.51. The summed E-state index contributed by atoms with van der Waals surface area (Å²) in [6.45, 7) is 3.90. The van der Waals surface area contributed by atoms with Crippen LogP contribution < -0.4 is 4.74 Å². The number of sulfonamides is 1. The van der Waals surface area contributed by atoms with Gasteiger partial charge in [0.25, 0.3) is 0 Å². The van der Waals surface area contributed by atoms with Crippen LogP contribution in [-0.4, -0.2) is 54.8 Å². The van der Waals surface area contributed by atoms with Crippen LogP contribution in [0.5, 0.6) is 5.75 Å². The Hall–Kier alpha value is -2.16. The van der Waals surface area contributed by atoms with Gasteiger partial charge in [0.1, 0.15) is 15.8 Å². The van der Waals surface area contributed by atoms with E-state index in [1.54, 1.807) is 6.07 Å². The third kappa shape index (κ3) is 4.63. The van der Waals surface area contributed by atoms with Gasteiger partial charge >= 0.3 is 0 Å². The minimum atomic E-state index is -3.72. The number of amides is 1. The Bertz CT molecular complexity index is 1050. The first kappa shape index (κ1) is 23.0. The molecule has 2 fully saturated rings. The summed E-state index contributed by atoms with van der Waals surface area (Å²) in [4.78, 5) is 19.2. The summed E-state index contributed by atoms with van der Waals surface area (Å²) in [5.41, 5.74) is 1.12. The van der Waals surface area contributed by atoms with Crippen molar-refractivity contribution in [3.05, 3.63) is 53.3 Å². The van der Waals surface area contributed by atoms with Crippen LogP contribution in [0.15, 0.2) is 47.5 Å². The Morgan fingerprint density at radius 2 is 1.84 bits per heavy atom. The number of piperidine rings is 1. The summed E-state index contributed by atoms with van der Waals surface area (Å²) in [5.74, 6) is 0.779. The lowest BCUT2D eigenvalue weighted by Gasteiger charge is -2.34. The van der Waals surface area contributed by atoms with Crippen molar-refractivity contribution in [1.29, 1.82) is 0 Å². The van der Waals surface area contributed by atoms with E-state index < -0.39 is 10.0 Å². The second-order valence-electron chi connectivity index (χ2n) is 8.16. The molecule has 0 aliphatic carbocycles. The van der Waals surface area contributed by atoms with Crippen LogP contribution in [-0.2, 0) is 14.8 Å². The number of benzene rings is 1. The van der Waals surface area contributed by atoms with Crippen molar-refractivity contribution in [3.8, 4) is 5.75 Å². The number of aromatic nitrogens is 1. The fraction of sp³-hybridized carbons (Fsp3) is 0.478. The molecule has 0 N–H and O–H groups in total. The van der Waals surface area contributed by atoms with Crippen LogP contribution in [0.1, 0.15) is 44.2 Å². The molecule has 2 saturated heterocycles. The number of hydrogen-bond acceptors (Lipinski definition) is 5. The molecule has 1 amide bonds. The molecule has 2 aliphatic heterocycles. The molecule has 1 aromatic carbocycles. The second kappa shape index (κ2) is 9.77. The molecule has 3 heterocycles. The topological polar surface area (TPSA) is 79.8 Å². The number of halogens is 1. The molecular formula is C23H28ClN3O4S. The number of carbonyl (C=O) groups is 1. The molecule has 0 bridgehead atoms. The largest absolute Gasteiger partial charge is 0.494 e. The van der Waals surface area contributed by atoms with Crippen molar-refractivity contribution >= 4 is 27.5 Å². The SMILES string of the molecule is CCOc1ccc(C2CCCN2C(=O)C2CCN(S(=O)(=O)c3cccnc3Cl)CC2)cc1. The molecule has 9 heteroatoms. The molecule has 172 valence electrons. The summed E-state index contributed by atoms with van der Waals surface area (Å²) in [6.07, 6.45) is 4.37. The molecule has 32 heavy (non-hydrogen) atoms. The van der Waals surface area contributed by atoms with Crippen molar-refractivity contribution in [3.63, 3.8) is 0 Å². The highest BCUT2D eigenvalue weighted by Crippen LogP contribution is 2.36. The maximum absolute atomic E-state index is 13.3. The summed E-state index contributed by atoms with van der Waals surface area (Å²) in [6, 6.07) is 11.1. The minimum absolute atomic E-state index is 0.0153. The third-order valence-corrected chi connectivity index (χ3v) is 8.60. The highest BCUT2D eigenvalue weighted by molar-refractivity contribution is 7.89. The molecule has 1 unspecified atom stereocenters. The number of rotatable bonds is 6. The van der Waals surface area contributed by atoms with Crippen LogP contribution in [0.3, 0.4) is 0 Å². The first-order valence-electron chi connectivity index (χ1n) is 11.1. The van der Waals surface area contributed by atoms with Crippen LogP contribution in [0.25, 0.3) is 0 Å². The van der Waals surface area contributed by atoms with Gasteiger partial charge in [-0.05, 0) is 62.4 Å². The highest BCUT2D eigenvalue weighted by atomic mass is 35.5. The quantitative estimate of drug-likeness (QED) is 0.589. The molecule has 1 aromatic heterocycles. The van der Waals surface area contributed by atoms with Crippen molar-refractivity contribution in [2.45, 2.75) is 43.5 Å². The summed E-state index contributed by atoms with van der Waals surface area (Å²) in [5, 5.41) is -0.0269. The van der Waals surface area contributed by atoms with Crippen LogP contribution in [0, 0.1) is 5.92 Å². The number of pyridine rings is 1. The molecular weight excluding hydrogens is 450 g/mol. The zero-order valence-electron chi connectivity index (χ0n) is 18.1. The van der Waals surface area contributed by atoms with Gasteiger partial charge in [0.2, 0.25) is 15.9 Å². The van der Waals surface area contributed by atoms with Crippen molar-refractivity contribution in [2.24, 2.45) is 5.92 Å². The van der Waals surface area contributed by atoms with Gasteiger partial charge in [0, 0.05) is 31.7 Å². The minimum Gasteiger partial charge on any atom is -0.494 e. The van der Waals surface area contributed by atoms with E-state index in [2.05, 4.69) is 4.98 Å². The maximum Gasteiger partial charge on any atom is 0.246 e. The van der Waals surface area contributed by atoms with Crippen molar-refractivity contribution in [2.75, 3.05) is 26.2 Å². The van der Waals surface area contributed by atoms with Gasteiger partial charge in [-0.2, -0.15) is 4.31 Å². The molecule has 0 spiro atoms. The predicted molar refractivity (Wildman–Crippen MR) is 122 cm³/mol. The monoisotopic (exact) mass is 477 g/mol. The Morgan fingerprint density at radius 3 is 2.50 bits per heavy atom. The zero-order chi connectivity index (χ0) is 22.7. The van der Waals surface area contributed by atoms with Crippen LogP contribution >= 0.6 is 11.6 Å². The lowest BCUT2D eigenvalue weighted by Crippen LogP contribution is -2.44. The Morgan fingerprint density at radius 1 is 1.12 bits per heavy atom. The Labute approximate surface area is 194 Å². The normalized spacial score (nSPS) is 20.4. The van der Waals surface area contributed by atoms with Crippen molar-refractivity contribution in [1.82, 2.24) is 14.2 Å². The molecule has 1 atom stereocenters. The number of nitrogens with zero attached hydrogens (tertiary/aromatic N) is 3. The van der Waals surface area contributed by atoms with E-state index in [-0.39, 0.29) is 27.9 Å². The van der Waals surface area contributed by atoms with Gasteiger partial charge in [0.15, 0.2) is 0 Å². The van der Waals surface area contributed by atoms with Crippen LogP contribution in [0.2, 0.25) is 5.15 Å². The van der Waals surface area contributed by atoms with E-state index in [1.807, 2.05) is 36.1 Å². The first-order valence-corrected chi connectivity index (χ1v) is 12.9. The average Bonchev–Trinajstić information content (AvgIpc) is 3.29. The number of hydrogen-bond donors (Lipinski definition) is 0. The molecule has 0 saturated carbocycles. The van der Waals surface area contributed by atoms with E-state index in [0.29, 0.717) is 32.5 Å². The predicted octanol–water partition coefficient (Wildman–Crippen LogP) is 3.90. The Kier molecular flexibility index (Phi) is 7.02. The standard InChI is InChI=1S/C23H28ClN3O4S/c1-2-31-19-9-7-17(8-10-19)20-5-4-14-27(20)23(28)18-11-15-26(16-12-18)32(29,30)21-6-3-13-25-22(21)24/h3,6-10,13,18,20H,2,4-5,11-12,14-16H2,1H3. The third-order valence-electron chi connectivity index (χ3n) is 6.26. The summed E-state index contributed by atoms with van der Waals surface area (Å²) >= 11 is 6.01. The Balaban J connectivity index is 1.41. The maximum atomic E-state index is 13.3. The summed E-state index contributed by atoms with van der Waals surface area (Å²) < 4.78 is 32.8. The van der Waals surface area contributed by atoms with E-state index in [1.165, 1.54) is 16.6 Å². The summed E-state index contributed by atoms with van der Waals surface area (Å²) in [7, 11) is -3.72. The smallest absolute Gasteiger partial charge is 0.246 e. The average molecular weight is 478 g/mol. The van der Waals surface area contributed by atoms with Crippen LogP contribution in [0.4, 0.5) is 0 Å². The first-order chi connectivity index (χ1) is 15.4. The van der Waals surface area contributed by atoms with E-state index in [4.69, 9.17) is 16.3 Å². The molecule has 2 aliphatic rings. The fourth-order valence-electron chi connectivity index (χ4n) is 4.61. The van der Waals surface area contributed by atoms with Gasteiger partial charge in [-0.15, -0.1) is 0 Å². The van der Waals surface area contributed by atoms with Gasteiger partial charge in [-0.1, -0.05) is 23.7 Å². The lowest BCUT2D eigenvalue weighted by molar-refractivity contribution is -0.137.